The van der Waals surface area contributed by atoms with E-state index in [9.17, 15) is 0 Å². The maximum absolute atomic E-state index is 8.89. The zero-order chi connectivity index (χ0) is 12.7. The van der Waals surface area contributed by atoms with Crippen molar-refractivity contribution in [3.8, 4) is 6.07 Å². The van der Waals surface area contributed by atoms with Crippen LogP contribution in [0.15, 0.2) is 18.2 Å². The Morgan fingerprint density at radius 2 is 2.29 bits per heavy atom. The van der Waals surface area contributed by atoms with Crippen molar-refractivity contribution >= 4 is 23.1 Å². The fourth-order valence-corrected chi connectivity index (χ4v) is 2.31. The van der Waals surface area contributed by atoms with E-state index in [0.717, 1.165) is 23.6 Å². The lowest BCUT2D eigenvalue weighted by atomic mass is 10.1. The predicted octanol–water partition coefficient (Wildman–Crippen LogP) is 3.08. The summed E-state index contributed by atoms with van der Waals surface area (Å²) in [6, 6.07) is 7.99. The van der Waals surface area contributed by atoms with Gasteiger partial charge in [-0.25, -0.2) is 0 Å². The highest BCUT2D eigenvalue weighted by atomic mass is 32.2. The molecular weight excluding hydrogens is 230 g/mol. The molecule has 0 amide bonds. The lowest BCUT2D eigenvalue weighted by Gasteiger charge is -2.15. The highest BCUT2D eigenvalue weighted by Gasteiger charge is 2.04. The Bertz CT molecular complexity index is 398. The molecular formula is C13H19N3S. The molecule has 0 bridgehead atoms. The van der Waals surface area contributed by atoms with Gasteiger partial charge in [-0.3, -0.25) is 0 Å². The maximum Gasteiger partial charge on any atom is 0.101 e. The van der Waals surface area contributed by atoms with Crippen LogP contribution < -0.4 is 11.1 Å². The van der Waals surface area contributed by atoms with Crippen LogP contribution in [0.5, 0.6) is 0 Å². The van der Waals surface area contributed by atoms with E-state index in [1.165, 1.54) is 0 Å². The van der Waals surface area contributed by atoms with Crippen LogP contribution in [0.25, 0.3) is 0 Å². The molecule has 4 heteroatoms. The number of nitriles is 1. The van der Waals surface area contributed by atoms with Gasteiger partial charge in [0.1, 0.15) is 6.07 Å². The van der Waals surface area contributed by atoms with Crippen LogP contribution in [0.4, 0.5) is 11.4 Å². The van der Waals surface area contributed by atoms with Crippen LogP contribution in [0, 0.1) is 11.3 Å². The standard InChI is InChI=1S/C13H19N3S/c1-3-17-7-6-10(2)16-12-4-5-13(15)11(8-12)9-14/h4-5,8,10,16H,3,6-7,15H2,1-2H3. The summed E-state index contributed by atoms with van der Waals surface area (Å²) < 4.78 is 0. The number of hydrogen-bond donors (Lipinski definition) is 2. The molecule has 0 fully saturated rings. The molecule has 0 aliphatic carbocycles. The third-order valence-electron chi connectivity index (χ3n) is 2.49. The van der Waals surface area contributed by atoms with Gasteiger partial charge in [0.15, 0.2) is 0 Å². The smallest absolute Gasteiger partial charge is 0.101 e. The summed E-state index contributed by atoms with van der Waals surface area (Å²) in [6.45, 7) is 4.32. The van der Waals surface area contributed by atoms with E-state index in [4.69, 9.17) is 11.0 Å². The first-order chi connectivity index (χ1) is 8.17. The third kappa shape index (κ3) is 4.58. The maximum atomic E-state index is 8.89. The molecule has 0 heterocycles. The minimum atomic E-state index is 0.407. The number of rotatable bonds is 6. The average Bonchev–Trinajstić information content (AvgIpc) is 2.32. The molecule has 1 unspecified atom stereocenters. The van der Waals surface area contributed by atoms with Crippen LogP contribution >= 0.6 is 11.8 Å². The topological polar surface area (TPSA) is 61.8 Å². The van der Waals surface area contributed by atoms with Gasteiger partial charge in [-0.2, -0.15) is 17.0 Å². The Labute approximate surface area is 107 Å². The first-order valence-electron chi connectivity index (χ1n) is 5.81. The molecule has 0 aromatic heterocycles. The Hall–Kier alpha value is -1.34. The minimum absolute atomic E-state index is 0.407. The SMILES string of the molecule is CCSCCC(C)Nc1ccc(N)c(C#N)c1. The molecule has 0 saturated carbocycles. The molecule has 1 aromatic carbocycles. The van der Waals surface area contributed by atoms with Crippen molar-refractivity contribution in [1.29, 1.82) is 5.26 Å². The molecule has 17 heavy (non-hydrogen) atoms. The van der Waals surface area contributed by atoms with Crippen molar-refractivity contribution in [3.63, 3.8) is 0 Å². The van der Waals surface area contributed by atoms with Gasteiger partial charge in [0.2, 0.25) is 0 Å². The van der Waals surface area contributed by atoms with E-state index < -0.39 is 0 Å². The van der Waals surface area contributed by atoms with Crippen molar-refractivity contribution in [2.24, 2.45) is 0 Å². The van der Waals surface area contributed by atoms with Gasteiger partial charge in [-0.1, -0.05) is 6.92 Å². The summed E-state index contributed by atoms with van der Waals surface area (Å²) in [4.78, 5) is 0. The van der Waals surface area contributed by atoms with Gasteiger partial charge in [-0.15, -0.1) is 0 Å². The number of nitrogens with zero attached hydrogens (tertiary/aromatic N) is 1. The molecule has 92 valence electrons. The lowest BCUT2D eigenvalue weighted by molar-refractivity contribution is 0.772. The van der Waals surface area contributed by atoms with E-state index in [-0.39, 0.29) is 0 Å². The Balaban J connectivity index is 2.54. The fourth-order valence-electron chi connectivity index (χ4n) is 1.50. The minimum Gasteiger partial charge on any atom is -0.398 e. The monoisotopic (exact) mass is 249 g/mol. The van der Waals surface area contributed by atoms with Gasteiger partial charge in [0.25, 0.3) is 0 Å². The molecule has 0 aliphatic heterocycles. The van der Waals surface area contributed by atoms with E-state index in [1.54, 1.807) is 12.1 Å². The second-order valence-electron chi connectivity index (χ2n) is 3.94. The highest BCUT2D eigenvalue weighted by molar-refractivity contribution is 7.99. The number of hydrogen-bond acceptors (Lipinski definition) is 4. The Morgan fingerprint density at radius 3 is 2.94 bits per heavy atom. The van der Waals surface area contributed by atoms with Crippen molar-refractivity contribution in [3.05, 3.63) is 23.8 Å². The van der Waals surface area contributed by atoms with E-state index in [0.29, 0.717) is 17.3 Å². The predicted molar refractivity (Wildman–Crippen MR) is 76.3 cm³/mol. The third-order valence-corrected chi connectivity index (χ3v) is 3.42. The molecule has 0 saturated heterocycles. The number of anilines is 2. The molecule has 1 rings (SSSR count). The number of nitrogen functional groups attached to an aromatic ring is 1. The van der Waals surface area contributed by atoms with Crippen LogP contribution in [-0.2, 0) is 0 Å². The number of thioether (sulfide) groups is 1. The summed E-state index contributed by atoms with van der Waals surface area (Å²) in [5.41, 5.74) is 7.71. The van der Waals surface area contributed by atoms with Crippen molar-refractivity contribution < 1.29 is 0 Å². The van der Waals surface area contributed by atoms with E-state index >= 15 is 0 Å². The molecule has 1 aromatic rings. The largest absolute Gasteiger partial charge is 0.398 e. The highest BCUT2D eigenvalue weighted by Crippen LogP contribution is 2.18. The van der Waals surface area contributed by atoms with Crippen LogP contribution in [0.3, 0.4) is 0 Å². The van der Waals surface area contributed by atoms with Crippen LogP contribution in [-0.4, -0.2) is 17.5 Å². The first-order valence-corrected chi connectivity index (χ1v) is 6.96. The first kappa shape index (κ1) is 13.7. The lowest BCUT2D eigenvalue weighted by Crippen LogP contribution is -2.16. The quantitative estimate of drug-likeness (QED) is 0.601. The van der Waals surface area contributed by atoms with Crippen molar-refractivity contribution in [2.45, 2.75) is 26.3 Å². The molecule has 3 N–H and O–H groups in total. The molecule has 0 aliphatic rings. The summed E-state index contributed by atoms with van der Waals surface area (Å²) in [5, 5.41) is 12.3. The average molecular weight is 249 g/mol. The van der Waals surface area contributed by atoms with Gasteiger partial charge in [-0.05, 0) is 43.0 Å². The summed E-state index contributed by atoms with van der Waals surface area (Å²) >= 11 is 1.94. The summed E-state index contributed by atoms with van der Waals surface area (Å²) in [7, 11) is 0. The Morgan fingerprint density at radius 1 is 1.53 bits per heavy atom. The molecule has 3 nitrogen and oxygen atoms in total. The normalized spacial score (nSPS) is 11.8. The number of nitrogens with two attached hydrogens (primary N) is 1. The van der Waals surface area contributed by atoms with E-state index in [1.807, 2.05) is 17.8 Å². The molecule has 0 spiro atoms. The summed E-state index contributed by atoms with van der Waals surface area (Å²) in [5.74, 6) is 2.32. The van der Waals surface area contributed by atoms with Gasteiger partial charge in [0.05, 0.1) is 5.56 Å². The second kappa shape index (κ2) is 7.08. The zero-order valence-corrected chi connectivity index (χ0v) is 11.2. The zero-order valence-electron chi connectivity index (χ0n) is 10.4. The fraction of sp³-hybridized carbons (Fsp3) is 0.462. The number of nitrogens with one attached hydrogen (secondary N) is 1. The van der Waals surface area contributed by atoms with Crippen molar-refractivity contribution in [2.75, 3.05) is 22.6 Å². The molecule has 0 radical (unpaired) electrons. The number of benzene rings is 1. The van der Waals surface area contributed by atoms with Gasteiger partial charge in [0, 0.05) is 17.4 Å². The second-order valence-corrected chi connectivity index (χ2v) is 5.34. The molecule has 1 atom stereocenters. The van der Waals surface area contributed by atoms with Crippen LogP contribution in [0.2, 0.25) is 0 Å². The van der Waals surface area contributed by atoms with Crippen LogP contribution in [0.1, 0.15) is 25.8 Å². The van der Waals surface area contributed by atoms with Gasteiger partial charge < -0.3 is 11.1 Å². The van der Waals surface area contributed by atoms with E-state index in [2.05, 4.69) is 25.2 Å². The van der Waals surface area contributed by atoms with Crippen molar-refractivity contribution in [1.82, 2.24) is 0 Å². The van der Waals surface area contributed by atoms with Gasteiger partial charge >= 0.3 is 0 Å². The Kier molecular flexibility index (Phi) is 5.71. The summed E-state index contributed by atoms with van der Waals surface area (Å²) in [6.07, 6.45) is 1.12.